The Hall–Kier alpha value is -3.35. The highest BCUT2D eigenvalue weighted by molar-refractivity contribution is 6.32. The fraction of sp³-hybridized carbons (Fsp3) is 0. The topological polar surface area (TPSA) is 69.2 Å². The molecule has 3 aromatic carbocycles. The van der Waals surface area contributed by atoms with Crippen molar-refractivity contribution in [2.45, 2.75) is 0 Å². The first-order chi connectivity index (χ1) is 14.2. The summed E-state index contributed by atoms with van der Waals surface area (Å²) in [7, 11) is 0. The van der Waals surface area contributed by atoms with E-state index in [2.05, 4.69) is 20.3 Å². The van der Waals surface area contributed by atoms with Crippen molar-refractivity contribution in [3.05, 3.63) is 88.9 Å². The number of anilines is 2. The van der Waals surface area contributed by atoms with E-state index in [4.69, 9.17) is 32.7 Å². The minimum Gasteiger partial charge on any atom is -0.423 e. The number of ether oxygens (including phenoxy) is 2. The number of para-hydroxylation sites is 3. The second kappa shape index (κ2) is 8.77. The van der Waals surface area contributed by atoms with Gasteiger partial charge in [0.25, 0.3) is 0 Å². The lowest BCUT2D eigenvalue weighted by Gasteiger charge is -2.11. The van der Waals surface area contributed by atoms with Gasteiger partial charge in [0.15, 0.2) is 0 Å². The van der Waals surface area contributed by atoms with Gasteiger partial charge in [-0.3, -0.25) is 0 Å². The lowest BCUT2D eigenvalue weighted by Crippen LogP contribution is -2.03. The maximum atomic E-state index is 6.17. The summed E-state index contributed by atoms with van der Waals surface area (Å²) in [5.41, 5.74) is 0.797. The Kier molecular flexibility index (Phi) is 5.74. The van der Waals surface area contributed by atoms with Crippen molar-refractivity contribution in [1.29, 1.82) is 0 Å². The Labute approximate surface area is 177 Å². The van der Waals surface area contributed by atoms with Crippen molar-refractivity contribution in [3.8, 4) is 23.5 Å². The molecular weight excluding hydrogens is 411 g/mol. The molecule has 0 amide bonds. The molecule has 4 aromatic rings. The van der Waals surface area contributed by atoms with Gasteiger partial charge in [-0.1, -0.05) is 65.7 Å². The predicted octanol–water partition coefficient (Wildman–Crippen LogP) is 6.51. The van der Waals surface area contributed by atoms with E-state index < -0.39 is 0 Å². The van der Waals surface area contributed by atoms with E-state index in [-0.39, 0.29) is 18.0 Å². The summed E-state index contributed by atoms with van der Waals surface area (Å²) in [4.78, 5) is 12.8. The van der Waals surface area contributed by atoms with Gasteiger partial charge in [-0.05, 0) is 36.4 Å². The third-order valence-electron chi connectivity index (χ3n) is 3.70. The molecule has 0 aliphatic carbocycles. The molecule has 0 saturated carbocycles. The van der Waals surface area contributed by atoms with Crippen LogP contribution in [0.1, 0.15) is 0 Å². The maximum absolute atomic E-state index is 6.17. The fourth-order valence-electron chi connectivity index (χ4n) is 2.39. The van der Waals surface area contributed by atoms with Gasteiger partial charge in [0.05, 0.1) is 10.0 Å². The standard InChI is InChI=1S/C21H14Cl2N4O2/c22-15-10-4-6-12-17(15)28-20-25-19(24-14-8-2-1-3-9-14)26-21(27-20)29-18-13-7-5-11-16(18)23/h1-13H,(H,24,25,26,27). The summed E-state index contributed by atoms with van der Waals surface area (Å²) < 4.78 is 11.5. The van der Waals surface area contributed by atoms with Crippen LogP contribution in [0.25, 0.3) is 0 Å². The first-order valence-electron chi connectivity index (χ1n) is 8.60. The van der Waals surface area contributed by atoms with Gasteiger partial charge in [-0.2, -0.15) is 9.97 Å². The van der Waals surface area contributed by atoms with E-state index in [1.165, 1.54) is 0 Å². The van der Waals surface area contributed by atoms with Gasteiger partial charge in [0, 0.05) is 5.69 Å². The van der Waals surface area contributed by atoms with E-state index in [1.54, 1.807) is 48.5 Å². The van der Waals surface area contributed by atoms with Gasteiger partial charge >= 0.3 is 12.0 Å². The second-order valence-electron chi connectivity index (χ2n) is 5.78. The fourth-order valence-corrected chi connectivity index (χ4v) is 2.74. The Morgan fingerprint density at radius 1 is 0.586 bits per heavy atom. The summed E-state index contributed by atoms with van der Waals surface area (Å²) in [5, 5.41) is 3.96. The molecular formula is C21H14Cl2N4O2. The summed E-state index contributed by atoms with van der Waals surface area (Å²) in [6, 6.07) is 23.6. The van der Waals surface area contributed by atoms with Gasteiger partial charge in [0.2, 0.25) is 5.95 Å². The lowest BCUT2D eigenvalue weighted by molar-refractivity contribution is 0.399. The van der Waals surface area contributed by atoms with Crippen LogP contribution in [0.5, 0.6) is 23.5 Å². The molecule has 1 aromatic heterocycles. The molecule has 0 bridgehead atoms. The van der Waals surface area contributed by atoms with Crippen LogP contribution in [0, 0.1) is 0 Å². The number of rotatable bonds is 6. The quantitative estimate of drug-likeness (QED) is 0.380. The molecule has 6 nitrogen and oxygen atoms in total. The van der Waals surface area contributed by atoms with Crippen LogP contribution >= 0.6 is 23.2 Å². The lowest BCUT2D eigenvalue weighted by atomic mass is 10.3. The summed E-state index contributed by atoms with van der Waals surface area (Å²) in [6.45, 7) is 0. The summed E-state index contributed by atoms with van der Waals surface area (Å²) in [5.74, 6) is 1.07. The molecule has 8 heteroatoms. The van der Waals surface area contributed by atoms with Crippen LogP contribution < -0.4 is 14.8 Å². The van der Waals surface area contributed by atoms with Gasteiger partial charge in [0.1, 0.15) is 11.5 Å². The maximum Gasteiger partial charge on any atom is 0.330 e. The summed E-state index contributed by atoms with van der Waals surface area (Å²) >= 11 is 12.3. The second-order valence-corrected chi connectivity index (χ2v) is 6.59. The minimum absolute atomic E-state index is 0.0218. The van der Waals surface area contributed by atoms with Gasteiger partial charge in [-0.25, -0.2) is 0 Å². The van der Waals surface area contributed by atoms with Crippen LogP contribution in [-0.4, -0.2) is 15.0 Å². The van der Waals surface area contributed by atoms with E-state index in [0.29, 0.717) is 21.5 Å². The van der Waals surface area contributed by atoms with Gasteiger partial charge < -0.3 is 14.8 Å². The Morgan fingerprint density at radius 2 is 1.07 bits per heavy atom. The zero-order valence-corrected chi connectivity index (χ0v) is 16.4. The zero-order chi connectivity index (χ0) is 20.1. The normalized spacial score (nSPS) is 10.4. The predicted molar refractivity (Wildman–Crippen MR) is 113 cm³/mol. The minimum atomic E-state index is 0.0218. The molecule has 0 saturated heterocycles. The molecule has 29 heavy (non-hydrogen) atoms. The number of nitrogens with zero attached hydrogens (tertiary/aromatic N) is 3. The molecule has 0 atom stereocenters. The van der Waals surface area contributed by atoms with Crippen molar-refractivity contribution in [2.24, 2.45) is 0 Å². The van der Waals surface area contributed by atoms with E-state index >= 15 is 0 Å². The molecule has 1 N–H and O–H groups in total. The molecule has 0 aliphatic heterocycles. The SMILES string of the molecule is Clc1ccccc1Oc1nc(Nc2ccccc2)nc(Oc2ccccc2Cl)n1. The highest BCUT2D eigenvalue weighted by atomic mass is 35.5. The van der Waals surface area contributed by atoms with Crippen LogP contribution in [0.4, 0.5) is 11.6 Å². The number of nitrogens with one attached hydrogen (secondary N) is 1. The first kappa shape index (κ1) is 19.0. The van der Waals surface area contributed by atoms with Crippen LogP contribution in [0.2, 0.25) is 10.0 Å². The largest absolute Gasteiger partial charge is 0.423 e. The van der Waals surface area contributed by atoms with Gasteiger partial charge in [-0.15, -0.1) is 4.98 Å². The van der Waals surface area contributed by atoms with E-state index in [9.17, 15) is 0 Å². The molecule has 144 valence electrons. The average Bonchev–Trinajstić information content (AvgIpc) is 2.72. The number of hydrogen-bond acceptors (Lipinski definition) is 6. The summed E-state index contributed by atoms with van der Waals surface area (Å²) in [6.07, 6.45) is 0. The number of hydrogen-bond donors (Lipinski definition) is 1. The molecule has 0 spiro atoms. The first-order valence-corrected chi connectivity index (χ1v) is 9.36. The van der Waals surface area contributed by atoms with Crippen LogP contribution in [-0.2, 0) is 0 Å². The highest BCUT2D eigenvalue weighted by Gasteiger charge is 2.13. The molecule has 0 aliphatic rings. The van der Waals surface area contributed by atoms with Crippen molar-refractivity contribution >= 4 is 34.8 Å². The smallest absolute Gasteiger partial charge is 0.330 e. The van der Waals surface area contributed by atoms with Crippen molar-refractivity contribution in [2.75, 3.05) is 5.32 Å². The highest BCUT2D eigenvalue weighted by Crippen LogP contribution is 2.31. The third-order valence-corrected chi connectivity index (χ3v) is 4.32. The van der Waals surface area contributed by atoms with E-state index in [0.717, 1.165) is 5.69 Å². The molecule has 4 rings (SSSR count). The third kappa shape index (κ3) is 4.93. The van der Waals surface area contributed by atoms with Crippen molar-refractivity contribution < 1.29 is 9.47 Å². The molecule has 0 unspecified atom stereocenters. The number of halogens is 2. The Morgan fingerprint density at radius 3 is 1.59 bits per heavy atom. The number of benzene rings is 3. The van der Waals surface area contributed by atoms with Crippen LogP contribution in [0.15, 0.2) is 78.9 Å². The van der Waals surface area contributed by atoms with E-state index in [1.807, 2.05) is 30.3 Å². The van der Waals surface area contributed by atoms with Crippen molar-refractivity contribution in [1.82, 2.24) is 15.0 Å². The Balaban J connectivity index is 1.68. The molecule has 1 heterocycles. The van der Waals surface area contributed by atoms with Crippen molar-refractivity contribution in [3.63, 3.8) is 0 Å². The molecule has 0 radical (unpaired) electrons. The Bertz CT molecular complexity index is 1060. The van der Waals surface area contributed by atoms with Crippen LogP contribution in [0.3, 0.4) is 0 Å². The molecule has 0 fully saturated rings. The monoisotopic (exact) mass is 424 g/mol. The zero-order valence-electron chi connectivity index (χ0n) is 14.9. The average molecular weight is 425 g/mol. The number of aromatic nitrogens is 3.